The van der Waals surface area contributed by atoms with Crippen LogP contribution < -0.4 is 5.32 Å². The molecule has 0 saturated carbocycles. The van der Waals surface area contributed by atoms with Crippen molar-refractivity contribution in [3.63, 3.8) is 0 Å². The Labute approximate surface area is 200 Å². The summed E-state index contributed by atoms with van der Waals surface area (Å²) in [6.45, 7) is 1.37. The van der Waals surface area contributed by atoms with Crippen LogP contribution in [0.5, 0.6) is 0 Å². The Morgan fingerprint density at radius 3 is 2.74 bits per heavy atom. The highest BCUT2D eigenvalue weighted by Gasteiger charge is 2.25. The van der Waals surface area contributed by atoms with Gasteiger partial charge in [-0.1, -0.05) is 25.0 Å². The summed E-state index contributed by atoms with van der Waals surface area (Å²) in [4.78, 5) is 29.2. The number of aromatic nitrogens is 3. The molecule has 0 bridgehead atoms. The molecule has 176 valence electrons. The molecule has 1 saturated heterocycles. The molecule has 0 radical (unpaired) electrons. The molecule has 1 aromatic carbocycles. The first kappa shape index (κ1) is 22.5. The Morgan fingerprint density at radius 1 is 1.06 bits per heavy atom. The number of rotatable bonds is 5. The lowest BCUT2D eigenvalue weighted by Crippen LogP contribution is -2.42. The van der Waals surface area contributed by atoms with E-state index in [1.54, 1.807) is 12.4 Å². The van der Waals surface area contributed by atoms with E-state index in [2.05, 4.69) is 10.3 Å². The molecular formula is C27H31N5O2. The van der Waals surface area contributed by atoms with Gasteiger partial charge < -0.3 is 15.3 Å². The van der Waals surface area contributed by atoms with Gasteiger partial charge in [-0.2, -0.15) is 0 Å². The predicted molar refractivity (Wildman–Crippen MR) is 131 cm³/mol. The van der Waals surface area contributed by atoms with Crippen molar-refractivity contribution in [1.82, 2.24) is 19.9 Å². The van der Waals surface area contributed by atoms with Crippen molar-refractivity contribution in [3.8, 4) is 11.4 Å². The normalized spacial score (nSPS) is 18.1. The molecular weight excluding hydrogens is 426 g/mol. The number of carbonyl (C=O) groups is 1. The lowest BCUT2D eigenvalue weighted by Gasteiger charge is -2.31. The maximum absolute atomic E-state index is 13.3. The van der Waals surface area contributed by atoms with Gasteiger partial charge in [-0.3, -0.25) is 9.78 Å². The number of hydrogen-bond donors (Lipinski definition) is 2. The van der Waals surface area contributed by atoms with E-state index in [4.69, 9.17) is 9.97 Å². The molecule has 1 fully saturated rings. The van der Waals surface area contributed by atoms with Gasteiger partial charge in [0.05, 0.1) is 6.61 Å². The number of aliphatic hydroxyl groups is 1. The molecule has 2 N–H and O–H groups in total. The van der Waals surface area contributed by atoms with Gasteiger partial charge in [0.1, 0.15) is 5.82 Å². The van der Waals surface area contributed by atoms with E-state index in [9.17, 15) is 9.90 Å². The van der Waals surface area contributed by atoms with Gasteiger partial charge in [0, 0.05) is 53.9 Å². The van der Waals surface area contributed by atoms with E-state index in [1.165, 1.54) is 5.56 Å². The lowest BCUT2D eigenvalue weighted by atomic mass is 10.0. The number of amides is 1. The summed E-state index contributed by atoms with van der Waals surface area (Å²) in [5.41, 5.74) is 4.73. The fourth-order valence-electron chi connectivity index (χ4n) is 4.93. The second-order valence-electron chi connectivity index (χ2n) is 9.21. The molecule has 7 nitrogen and oxygen atoms in total. The number of pyridine rings is 1. The average Bonchev–Trinajstić information content (AvgIpc) is 3.35. The average molecular weight is 458 g/mol. The Balaban J connectivity index is 1.38. The fourth-order valence-corrected chi connectivity index (χ4v) is 4.93. The first-order valence-electron chi connectivity index (χ1n) is 12.3. The van der Waals surface area contributed by atoms with Crippen LogP contribution in [0, 0.1) is 0 Å². The second-order valence-corrected chi connectivity index (χ2v) is 9.21. The summed E-state index contributed by atoms with van der Waals surface area (Å²) >= 11 is 0. The summed E-state index contributed by atoms with van der Waals surface area (Å²) < 4.78 is 0. The van der Waals surface area contributed by atoms with Crippen LogP contribution in [-0.2, 0) is 19.4 Å². The highest BCUT2D eigenvalue weighted by atomic mass is 16.3. The van der Waals surface area contributed by atoms with E-state index >= 15 is 0 Å². The van der Waals surface area contributed by atoms with Gasteiger partial charge in [0.25, 0.3) is 5.91 Å². The summed E-state index contributed by atoms with van der Waals surface area (Å²) in [5.74, 6) is 1.66. The number of fused-ring (bicyclic) bond motifs is 1. The third kappa shape index (κ3) is 4.94. The monoisotopic (exact) mass is 457 g/mol. The Bertz CT molecular complexity index is 1130. The van der Waals surface area contributed by atoms with Crippen molar-refractivity contribution in [3.05, 3.63) is 71.2 Å². The second kappa shape index (κ2) is 10.3. The van der Waals surface area contributed by atoms with Gasteiger partial charge >= 0.3 is 0 Å². The number of carbonyl (C=O) groups excluding carboxylic acids is 1. The zero-order valence-electron chi connectivity index (χ0n) is 19.4. The number of aryl methyl sites for hydroxylation is 1. The standard InChI is InChI=1S/C27H31N5O2/c33-18-19-10-12-20(13-11-19)27(34)32-15-3-1-2-7-22(17-32)29-26-23-8-4-9-24(23)30-25(31-26)21-6-5-14-28-16-21/h5-6,10-14,16,22,33H,1-4,7-9,15,17-18H2,(H,29,30,31). The van der Waals surface area contributed by atoms with Gasteiger partial charge in [0.2, 0.25) is 0 Å². The van der Waals surface area contributed by atoms with Crippen molar-refractivity contribution < 1.29 is 9.90 Å². The Hall–Kier alpha value is -3.32. The number of likely N-dealkylation sites (tertiary alicyclic amines) is 1. The minimum absolute atomic E-state index is 0.0194. The van der Waals surface area contributed by atoms with Crippen molar-refractivity contribution in [2.75, 3.05) is 18.4 Å². The minimum Gasteiger partial charge on any atom is -0.392 e. The number of aliphatic hydroxyl groups excluding tert-OH is 1. The Kier molecular flexibility index (Phi) is 6.81. The minimum atomic E-state index is -0.0194. The van der Waals surface area contributed by atoms with E-state index in [-0.39, 0.29) is 18.6 Å². The maximum Gasteiger partial charge on any atom is 0.253 e. The van der Waals surface area contributed by atoms with Crippen molar-refractivity contribution in [1.29, 1.82) is 0 Å². The molecule has 2 aromatic heterocycles. The number of hydrogen-bond acceptors (Lipinski definition) is 6. The van der Waals surface area contributed by atoms with Crippen molar-refractivity contribution in [2.45, 2.75) is 57.6 Å². The quantitative estimate of drug-likeness (QED) is 0.601. The number of anilines is 1. The Morgan fingerprint density at radius 2 is 1.94 bits per heavy atom. The SMILES string of the molecule is O=C(c1ccc(CO)cc1)N1CCCCCC(Nc2nc(-c3cccnc3)nc3c2CCC3)C1. The van der Waals surface area contributed by atoms with E-state index in [1.807, 2.05) is 41.3 Å². The summed E-state index contributed by atoms with van der Waals surface area (Å²) in [6, 6.07) is 11.3. The molecule has 7 heteroatoms. The molecule has 0 spiro atoms. The first-order valence-corrected chi connectivity index (χ1v) is 12.3. The molecule has 1 atom stereocenters. The fraction of sp³-hybridized carbons (Fsp3) is 0.407. The largest absolute Gasteiger partial charge is 0.392 e. The first-order chi connectivity index (χ1) is 16.7. The summed E-state index contributed by atoms with van der Waals surface area (Å²) in [5, 5.41) is 13.0. The van der Waals surface area contributed by atoms with Crippen molar-refractivity contribution in [2.24, 2.45) is 0 Å². The van der Waals surface area contributed by atoms with Crippen LogP contribution in [0.3, 0.4) is 0 Å². The molecule has 34 heavy (non-hydrogen) atoms. The number of nitrogens with zero attached hydrogens (tertiary/aromatic N) is 4. The zero-order chi connectivity index (χ0) is 23.3. The summed E-state index contributed by atoms with van der Waals surface area (Å²) in [6.07, 6.45) is 10.9. The number of benzene rings is 1. The van der Waals surface area contributed by atoms with Crippen LogP contribution in [0.2, 0.25) is 0 Å². The van der Waals surface area contributed by atoms with E-state index in [0.717, 1.165) is 74.1 Å². The van der Waals surface area contributed by atoms with Crippen LogP contribution >= 0.6 is 0 Å². The molecule has 2 aliphatic rings. The van der Waals surface area contributed by atoms with Crippen LogP contribution in [0.1, 0.15) is 59.3 Å². The van der Waals surface area contributed by atoms with Crippen LogP contribution in [-0.4, -0.2) is 50.0 Å². The third-order valence-corrected chi connectivity index (χ3v) is 6.79. The lowest BCUT2D eigenvalue weighted by molar-refractivity contribution is 0.0735. The highest BCUT2D eigenvalue weighted by Crippen LogP contribution is 2.30. The maximum atomic E-state index is 13.3. The van der Waals surface area contributed by atoms with Gasteiger partial charge in [-0.05, 0) is 61.9 Å². The molecule has 3 aromatic rings. The zero-order valence-corrected chi connectivity index (χ0v) is 19.4. The molecule has 5 rings (SSSR count). The molecule has 1 amide bonds. The molecule has 1 unspecified atom stereocenters. The van der Waals surface area contributed by atoms with E-state index in [0.29, 0.717) is 17.9 Å². The van der Waals surface area contributed by atoms with Crippen molar-refractivity contribution >= 4 is 11.7 Å². The molecule has 3 heterocycles. The van der Waals surface area contributed by atoms with Crippen LogP contribution in [0.4, 0.5) is 5.82 Å². The van der Waals surface area contributed by atoms with Gasteiger partial charge in [0.15, 0.2) is 5.82 Å². The van der Waals surface area contributed by atoms with E-state index < -0.39 is 0 Å². The smallest absolute Gasteiger partial charge is 0.253 e. The predicted octanol–water partition coefficient (Wildman–Crippen LogP) is 4.02. The van der Waals surface area contributed by atoms with Gasteiger partial charge in [-0.25, -0.2) is 9.97 Å². The van der Waals surface area contributed by atoms with Gasteiger partial charge in [-0.15, -0.1) is 0 Å². The van der Waals surface area contributed by atoms with Crippen LogP contribution in [0.15, 0.2) is 48.8 Å². The number of nitrogens with one attached hydrogen (secondary N) is 1. The highest BCUT2D eigenvalue weighted by molar-refractivity contribution is 5.94. The molecule has 1 aliphatic carbocycles. The topological polar surface area (TPSA) is 91.2 Å². The summed E-state index contributed by atoms with van der Waals surface area (Å²) in [7, 11) is 0. The third-order valence-electron chi connectivity index (χ3n) is 6.79. The molecule has 1 aliphatic heterocycles. The van der Waals surface area contributed by atoms with Crippen LogP contribution in [0.25, 0.3) is 11.4 Å².